The Bertz CT molecular complexity index is 972. The Morgan fingerprint density at radius 1 is 1.03 bits per heavy atom. The average Bonchev–Trinajstić information content (AvgIpc) is 3.50. The predicted octanol–water partition coefficient (Wildman–Crippen LogP) is 5.43. The number of fused-ring (bicyclic) bond motifs is 3. The van der Waals surface area contributed by atoms with Crippen molar-refractivity contribution in [1.29, 1.82) is 0 Å². The minimum atomic E-state index is -0.791. The second-order valence-corrected chi connectivity index (χ2v) is 14.3. The zero-order valence-corrected chi connectivity index (χ0v) is 23.1. The van der Waals surface area contributed by atoms with Gasteiger partial charge in [0.05, 0.1) is 25.4 Å². The van der Waals surface area contributed by atoms with Crippen LogP contribution in [0.4, 0.5) is 0 Å². The van der Waals surface area contributed by atoms with Crippen molar-refractivity contribution < 1.29 is 28.8 Å². The van der Waals surface area contributed by atoms with Gasteiger partial charge in [0.15, 0.2) is 12.1 Å². The van der Waals surface area contributed by atoms with E-state index in [0.717, 1.165) is 84.0 Å². The predicted molar refractivity (Wildman–Crippen MR) is 139 cm³/mol. The zero-order chi connectivity index (χ0) is 25.6. The van der Waals surface area contributed by atoms with Crippen LogP contribution < -0.4 is 0 Å². The minimum absolute atomic E-state index is 0.0827. The van der Waals surface area contributed by atoms with Crippen molar-refractivity contribution in [3.63, 3.8) is 0 Å². The number of allylic oxidation sites excluding steroid dienone is 1. The summed E-state index contributed by atoms with van der Waals surface area (Å²) in [6, 6.07) is 0. The summed E-state index contributed by atoms with van der Waals surface area (Å²) in [5, 5.41) is 11.9. The fraction of sp³-hybridized carbons (Fsp3) is 0.871. The molecule has 3 heterocycles. The van der Waals surface area contributed by atoms with Gasteiger partial charge in [-0.2, -0.15) is 0 Å². The van der Waals surface area contributed by atoms with Gasteiger partial charge in [-0.25, -0.2) is 0 Å². The van der Waals surface area contributed by atoms with Gasteiger partial charge in [0.2, 0.25) is 0 Å². The highest BCUT2D eigenvalue weighted by atomic mass is 16.7. The van der Waals surface area contributed by atoms with Crippen molar-refractivity contribution >= 4 is 0 Å². The number of hydrogen-bond acceptors (Lipinski definition) is 6. The molecule has 37 heavy (non-hydrogen) atoms. The van der Waals surface area contributed by atoms with Gasteiger partial charge in [0, 0.05) is 30.3 Å². The maximum absolute atomic E-state index is 11.9. The van der Waals surface area contributed by atoms with Gasteiger partial charge >= 0.3 is 0 Å². The molecule has 1 spiro atoms. The quantitative estimate of drug-likeness (QED) is 0.398. The lowest BCUT2D eigenvalue weighted by Crippen LogP contribution is -2.57. The van der Waals surface area contributed by atoms with Gasteiger partial charge in [-0.3, -0.25) is 0 Å². The molecule has 0 bridgehead atoms. The van der Waals surface area contributed by atoms with Crippen LogP contribution in [-0.4, -0.2) is 60.4 Å². The first-order valence-electron chi connectivity index (χ1n) is 15.0. The maximum Gasteiger partial charge on any atom is 0.171 e. The van der Waals surface area contributed by atoms with Crippen LogP contribution in [-0.2, 0) is 23.7 Å². The van der Waals surface area contributed by atoms with Crippen LogP contribution in [0.1, 0.15) is 91.4 Å². The van der Waals surface area contributed by atoms with Crippen LogP contribution in [0.15, 0.2) is 23.8 Å². The summed E-state index contributed by atoms with van der Waals surface area (Å²) in [6.07, 6.45) is 17.5. The fourth-order valence-electron chi connectivity index (χ4n) is 9.14. The molecule has 0 aromatic heterocycles. The average molecular weight is 515 g/mol. The highest BCUT2D eigenvalue weighted by Gasteiger charge is 2.79. The van der Waals surface area contributed by atoms with E-state index in [-0.39, 0.29) is 28.3 Å². The summed E-state index contributed by atoms with van der Waals surface area (Å²) in [7, 11) is 0. The molecule has 0 aromatic rings. The molecule has 0 amide bonds. The lowest BCUT2D eigenvalue weighted by molar-refractivity contribution is -0.313. The second kappa shape index (κ2) is 8.37. The topological polar surface area (TPSA) is 69.7 Å². The van der Waals surface area contributed by atoms with Crippen LogP contribution in [0.3, 0.4) is 0 Å². The Labute approximate surface area is 222 Å². The van der Waals surface area contributed by atoms with E-state index >= 15 is 0 Å². The molecule has 4 aliphatic carbocycles. The molecule has 0 aromatic carbocycles. The summed E-state index contributed by atoms with van der Waals surface area (Å²) < 4.78 is 31.2. The van der Waals surface area contributed by atoms with E-state index in [1.165, 1.54) is 6.42 Å². The lowest BCUT2D eigenvalue weighted by Gasteiger charge is -2.53. The van der Waals surface area contributed by atoms with Crippen LogP contribution in [0.5, 0.6) is 0 Å². The fourth-order valence-corrected chi connectivity index (χ4v) is 9.14. The van der Waals surface area contributed by atoms with Crippen LogP contribution in [0, 0.1) is 22.7 Å². The van der Waals surface area contributed by atoms with E-state index in [4.69, 9.17) is 23.7 Å². The Hall–Kier alpha value is -0.760. The Morgan fingerprint density at radius 3 is 2.65 bits per heavy atom. The lowest BCUT2D eigenvalue weighted by atomic mass is 9.53. The maximum atomic E-state index is 11.9. The van der Waals surface area contributed by atoms with Crippen molar-refractivity contribution in [1.82, 2.24) is 0 Å². The molecule has 3 saturated heterocycles. The van der Waals surface area contributed by atoms with E-state index in [2.05, 4.69) is 32.9 Å². The van der Waals surface area contributed by atoms with Crippen molar-refractivity contribution in [2.75, 3.05) is 26.4 Å². The first kappa shape index (κ1) is 25.2. The van der Waals surface area contributed by atoms with Crippen molar-refractivity contribution in [3.05, 3.63) is 23.8 Å². The largest absolute Gasteiger partial charge is 0.385 e. The van der Waals surface area contributed by atoms with E-state index < -0.39 is 11.4 Å². The number of rotatable bonds is 4. The number of hydrogen-bond donors (Lipinski definition) is 1. The first-order chi connectivity index (χ1) is 17.6. The molecule has 6 fully saturated rings. The third-order valence-corrected chi connectivity index (χ3v) is 11.4. The van der Waals surface area contributed by atoms with Gasteiger partial charge in [0.25, 0.3) is 0 Å². The molecule has 3 aliphatic heterocycles. The van der Waals surface area contributed by atoms with Gasteiger partial charge in [-0.15, -0.1) is 0 Å². The highest BCUT2D eigenvalue weighted by Crippen LogP contribution is 2.74. The van der Waals surface area contributed by atoms with E-state index in [0.29, 0.717) is 18.4 Å². The summed E-state index contributed by atoms with van der Waals surface area (Å²) >= 11 is 0. The highest BCUT2D eigenvalue weighted by molar-refractivity contribution is 5.44. The van der Waals surface area contributed by atoms with Gasteiger partial charge in [-0.1, -0.05) is 39.0 Å². The summed E-state index contributed by atoms with van der Waals surface area (Å²) in [5.41, 5.74) is 0.447. The Kier molecular flexibility index (Phi) is 5.71. The molecule has 6 nitrogen and oxygen atoms in total. The normalized spacial score (nSPS) is 49.6. The van der Waals surface area contributed by atoms with E-state index in [9.17, 15) is 5.11 Å². The van der Waals surface area contributed by atoms with Crippen molar-refractivity contribution in [2.45, 2.75) is 120 Å². The number of ether oxygens (including phenoxy) is 5. The molecular weight excluding hydrogens is 468 g/mol. The molecule has 3 saturated carbocycles. The van der Waals surface area contributed by atoms with E-state index in [1.807, 2.05) is 6.08 Å². The van der Waals surface area contributed by atoms with Gasteiger partial charge in [-0.05, 0) is 75.2 Å². The van der Waals surface area contributed by atoms with Gasteiger partial charge in [0.1, 0.15) is 11.2 Å². The second-order valence-electron chi connectivity index (χ2n) is 14.3. The molecule has 7 atom stereocenters. The van der Waals surface area contributed by atoms with Gasteiger partial charge < -0.3 is 28.8 Å². The standard InChI is InChI=1S/C31H46O6/c1-26(2)20-35-30(36-21-26)15-16-31-24-9-12-27(3)23(22(24)8-14-29(31,19-30)37-31)10-13-28(27,32)11-6-18-34-25-7-4-5-17-33-25/h6,9,11,22-23,25,32H,4-5,7-8,10,12-21H2,1-3H3/b11-6-/t22-,23-,25?,27-,28-,29+,31+/m0/s1. The third-order valence-electron chi connectivity index (χ3n) is 11.4. The van der Waals surface area contributed by atoms with Crippen LogP contribution in [0.25, 0.3) is 0 Å². The van der Waals surface area contributed by atoms with E-state index in [1.54, 1.807) is 5.57 Å². The summed E-state index contributed by atoms with van der Waals surface area (Å²) in [5.74, 6) is 0.528. The molecule has 1 N–H and O–H groups in total. The Morgan fingerprint density at radius 2 is 1.86 bits per heavy atom. The molecule has 1 unspecified atom stereocenters. The molecule has 7 aliphatic rings. The monoisotopic (exact) mass is 514 g/mol. The SMILES string of the molecule is CC1(C)COC2(CC[C@]34O[C@]3(CC[C@@H]3C4=CC[C@@]4(C)[C@H]3CC[C@@]4(O)/C=C\COC3CCCCO3)C2)OC1. The zero-order valence-electron chi connectivity index (χ0n) is 23.1. The number of epoxide rings is 1. The molecule has 6 heteroatoms. The van der Waals surface area contributed by atoms with Crippen molar-refractivity contribution in [3.8, 4) is 0 Å². The van der Waals surface area contributed by atoms with Crippen LogP contribution >= 0.6 is 0 Å². The minimum Gasteiger partial charge on any atom is -0.385 e. The first-order valence-corrected chi connectivity index (χ1v) is 15.0. The molecular formula is C31H46O6. The van der Waals surface area contributed by atoms with Crippen LogP contribution in [0.2, 0.25) is 0 Å². The Balaban J connectivity index is 1.06. The summed E-state index contributed by atoms with van der Waals surface area (Å²) in [6.45, 7) is 9.55. The summed E-state index contributed by atoms with van der Waals surface area (Å²) in [4.78, 5) is 0. The third kappa shape index (κ3) is 3.72. The van der Waals surface area contributed by atoms with Crippen molar-refractivity contribution in [2.24, 2.45) is 22.7 Å². The molecule has 0 radical (unpaired) electrons. The number of aliphatic hydroxyl groups is 1. The molecule has 7 rings (SSSR count). The smallest absolute Gasteiger partial charge is 0.171 e. The molecule has 206 valence electrons.